The molecule has 1 aromatic heterocycles. The molecule has 1 aromatic rings. The molecule has 1 aliphatic rings. The monoisotopic (exact) mass is 191 g/mol. The van der Waals surface area contributed by atoms with Crippen molar-refractivity contribution >= 4 is 0 Å². The smallest absolute Gasteiger partial charge is 0.0606 e. The Morgan fingerprint density at radius 2 is 2.36 bits per heavy atom. The van der Waals surface area contributed by atoms with Gasteiger partial charge in [0.15, 0.2) is 0 Å². The van der Waals surface area contributed by atoms with Gasteiger partial charge in [-0.2, -0.15) is 0 Å². The maximum absolute atomic E-state index is 9.77. The van der Waals surface area contributed by atoms with Crippen LogP contribution < -0.4 is 0 Å². The minimum absolute atomic E-state index is 0.0361. The summed E-state index contributed by atoms with van der Waals surface area (Å²) in [5.41, 5.74) is 1.16. The molecule has 2 heteroatoms. The molecule has 0 saturated heterocycles. The van der Waals surface area contributed by atoms with Crippen LogP contribution >= 0.6 is 0 Å². The summed E-state index contributed by atoms with van der Waals surface area (Å²) < 4.78 is 0. The van der Waals surface area contributed by atoms with E-state index in [0.29, 0.717) is 5.92 Å². The Morgan fingerprint density at radius 1 is 1.57 bits per heavy atom. The zero-order valence-corrected chi connectivity index (χ0v) is 8.77. The quantitative estimate of drug-likeness (QED) is 0.778. The molecule has 0 spiro atoms. The van der Waals surface area contributed by atoms with Gasteiger partial charge in [0.2, 0.25) is 0 Å². The van der Waals surface area contributed by atoms with Gasteiger partial charge < -0.3 is 5.11 Å². The first-order chi connectivity index (χ1) is 6.68. The second kappa shape index (κ2) is 3.35. The highest BCUT2D eigenvalue weighted by molar-refractivity contribution is 5.20. The molecule has 76 valence electrons. The number of nitrogens with zero attached hydrogens (tertiary/aromatic N) is 1. The molecule has 14 heavy (non-hydrogen) atoms. The lowest BCUT2D eigenvalue weighted by atomic mass is 9.56. The molecule has 0 amide bonds. The summed E-state index contributed by atoms with van der Waals surface area (Å²) in [4.78, 5) is 4.37. The number of pyridine rings is 1. The van der Waals surface area contributed by atoms with Crippen molar-refractivity contribution in [1.29, 1.82) is 0 Å². The Kier molecular flexibility index (Phi) is 2.31. The number of aliphatic hydroxyl groups is 1. The van der Waals surface area contributed by atoms with E-state index < -0.39 is 0 Å². The summed E-state index contributed by atoms with van der Waals surface area (Å²) in [6.45, 7) is 4.29. The van der Waals surface area contributed by atoms with Gasteiger partial charge in [0.05, 0.1) is 6.10 Å². The first-order valence-corrected chi connectivity index (χ1v) is 5.27. The van der Waals surface area contributed by atoms with Crippen LogP contribution in [0.3, 0.4) is 0 Å². The molecule has 3 atom stereocenters. The predicted molar refractivity (Wildman–Crippen MR) is 56.0 cm³/mol. The highest BCUT2D eigenvalue weighted by Gasteiger charge is 2.50. The standard InChI is InChI=1S/C12H17NO/c1-3-12(2)9(8-11(12)14)10-6-4-5-7-13-10/h4-7,9,11,14H,3,8H2,1-2H3. The van der Waals surface area contributed by atoms with Crippen LogP contribution in [0.25, 0.3) is 0 Å². The predicted octanol–water partition coefficient (Wildman–Crippen LogP) is 2.35. The van der Waals surface area contributed by atoms with Crippen molar-refractivity contribution in [1.82, 2.24) is 4.98 Å². The maximum atomic E-state index is 9.77. The van der Waals surface area contributed by atoms with E-state index in [1.807, 2.05) is 18.3 Å². The van der Waals surface area contributed by atoms with Gasteiger partial charge >= 0.3 is 0 Å². The lowest BCUT2D eigenvalue weighted by Gasteiger charge is -2.51. The minimum Gasteiger partial charge on any atom is -0.393 e. The Labute approximate surface area is 85.0 Å². The van der Waals surface area contributed by atoms with Gasteiger partial charge in [-0.05, 0) is 25.0 Å². The van der Waals surface area contributed by atoms with Crippen molar-refractivity contribution in [3.05, 3.63) is 30.1 Å². The number of hydrogen-bond donors (Lipinski definition) is 1. The Bertz CT molecular complexity index is 311. The van der Waals surface area contributed by atoms with Crippen LogP contribution in [-0.2, 0) is 0 Å². The van der Waals surface area contributed by atoms with Crippen LogP contribution in [0.1, 0.15) is 38.3 Å². The summed E-state index contributed by atoms with van der Waals surface area (Å²) in [5, 5.41) is 9.77. The molecule has 2 nitrogen and oxygen atoms in total. The molecule has 1 N–H and O–H groups in total. The Hall–Kier alpha value is -0.890. The van der Waals surface area contributed by atoms with Gasteiger partial charge in [0.25, 0.3) is 0 Å². The van der Waals surface area contributed by atoms with E-state index in [1.165, 1.54) is 0 Å². The van der Waals surface area contributed by atoms with E-state index in [-0.39, 0.29) is 11.5 Å². The van der Waals surface area contributed by atoms with Crippen LogP contribution in [0.2, 0.25) is 0 Å². The van der Waals surface area contributed by atoms with Gasteiger partial charge in [0.1, 0.15) is 0 Å². The summed E-state index contributed by atoms with van der Waals surface area (Å²) in [6, 6.07) is 6.01. The molecule has 0 radical (unpaired) electrons. The minimum atomic E-state index is -0.153. The first-order valence-electron chi connectivity index (χ1n) is 5.27. The summed E-state index contributed by atoms with van der Waals surface area (Å²) in [5.74, 6) is 0.434. The van der Waals surface area contributed by atoms with Crippen LogP contribution in [0.5, 0.6) is 0 Å². The number of aliphatic hydroxyl groups excluding tert-OH is 1. The second-order valence-corrected chi connectivity index (χ2v) is 4.42. The molecule has 2 rings (SSSR count). The summed E-state index contributed by atoms with van der Waals surface area (Å²) in [7, 11) is 0. The van der Waals surface area contributed by atoms with Gasteiger partial charge in [-0.3, -0.25) is 4.98 Å². The molecular formula is C12H17NO. The van der Waals surface area contributed by atoms with E-state index in [1.54, 1.807) is 0 Å². The number of hydrogen-bond acceptors (Lipinski definition) is 2. The van der Waals surface area contributed by atoms with Crippen molar-refractivity contribution in [2.24, 2.45) is 5.41 Å². The zero-order chi connectivity index (χ0) is 10.2. The summed E-state index contributed by atoms with van der Waals surface area (Å²) >= 11 is 0. The van der Waals surface area contributed by atoms with Gasteiger partial charge in [-0.25, -0.2) is 0 Å². The Morgan fingerprint density at radius 3 is 2.86 bits per heavy atom. The molecule has 1 heterocycles. The SMILES string of the molecule is CCC1(C)C(O)CC1c1ccccn1. The summed E-state index contributed by atoms with van der Waals surface area (Å²) in [6.07, 6.45) is 3.55. The number of aromatic nitrogens is 1. The van der Waals surface area contributed by atoms with Crippen molar-refractivity contribution in [3.8, 4) is 0 Å². The van der Waals surface area contributed by atoms with Gasteiger partial charge in [-0.1, -0.05) is 19.9 Å². The lowest BCUT2D eigenvalue weighted by Crippen LogP contribution is -2.49. The van der Waals surface area contributed by atoms with Crippen molar-refractivity contribution in [3.63, 3.8) is 0 Å². The topological polar surface area (TPSA) is 33.1 Å². The third kappa shape index (κ3) is 1.25. The van der Waals surface area contributed by atoms with Crippen molar-refractivity contribution < 1.29 is 5.11 Å². The molecular weight excluding hydrogens is 174 g/mol. The normalized spacial score (nSPS) is 36.5. The molecule has 3 unspecified atom stereocenters. The number of rotatable bonds is 2. The largest absolute Gasteiger partial charge is 0.393 e. The van der Waals surface area contributed by atoms with E-state index >= 15 is 0 Å². The third-order valence-electron chi connectivity index (χ3n) is 3.82. The fourth-order valence-electron chi connectivity index (χ4n) is 2.36. The van der Waals surface area contributed by atoms with Crippen LogP contribution in [0, 0.1) is 5.41 Å². The molecule has 0 aliphatic heterocycles. The van der Waals surface area contributed by atoms with Crippen molar-refractivity contribution in [2.75, 3.05) is 0 Å². The van der Waals surface area contributed by atoms with E-state index in [0.717, 1.165) is 18.5 Å². The fraction of sp³-hybridized carbons (Fsp3) is 0.583. The third-order valence-corrected chi connectivity index (χ3v) is 3.82. The second-order valence-electron chi connectivity index (χ2n) is 4.42. The van der Waals surface area contributed by atoms with E-state index in [9.17, 15) is 5.11 Å². The average molecular weight is 191 g/mol. The van der Waals surface area contributed by atoms with Crippen LogP contribution in [0.4, 0.5) is 0 Å². The highest BCUT2D eigenvalue weighted by Crippen LogP contribution is 2.54. The Balaban J connectivity index is 2.23. The van der Waals surface area contributed by atoms with E-state index in [4.69, 9.17) is 0 Å². The van der Waals surface area contributed by atoms with Crippen LogP contribution in [0.15, 0.2) is 24.4 Å². The first kappa shape index (κ1) is 9.66. The molecule has 1 aliphatic carbocycles. The van der Waals surface area contributed by atoms with Gasteiger partial charge in [-0.15, -0.1) is 0 Å². The molecule has 0 aromatic carbocycles. The lowest BCUT2D eigenvalue weighted by molar-refractivity contribution is -0.0790. The maximum Gasteiger partial charge on any atom is 0.0606 e. The molecule has 1 fully saturated rings. The molecule has 1 saturated carbocycles. The van der Waals surface area contributed by atoms with Crippen molar-refractivity contribution in [2.45, 2.75) is 38.7 Å². The highest BCUT2D eigenvalue weighted by atomic mass is 16.3. The fourth-order valence-corrected chi connectivity index (χ4v) is 2.36. The zero-order valence-electron chi connectivity index (χ0n) is 8.77. The van der Waals surface area contributed by atoms with Gasteiger partial charge in [0, 0.05) is 23.2 Å². The van der Waals surface area contributed by atoms with E-state index in [2.05, 4.69) is 24.9 Å². The molecule has 0 bridgehead atoms. The van der Waals surface area contributed by atoms with Crippen LogP contribution in [-0.4, -0.2) is 16.2 Å². The average Bonchev–Trinajstić information content (AvgIpc) is 2.25.